The number of aryl methyl sites for hydroxylation is 1. The average molecular weight is 465 g/mol. The largest absolute Gasteiger partial charge is 0.488 e. The van der Waals surface area contributed by atoms with Gasteiger partial charge in [0.2, 0.25) is 0 Å². The minimum absolute atomic E-state index is 0.0715. The molecule has 4 nitrogen and oxygen atoms in total. The molecule has 1 fully saturated rings. The lowest BCUT2D eigenvalue weighted by atomic mass is 10.0. The number of carbonyl (C=O) groups excluding carboxylic acids is 1. The summed E-state index contributed by atoms with van der Waals surface area (Å²) in [6.45, 7) is 2.50. The van der Waals surface area contributed by atoms with E-state index in [-0.39, 0.29) is 5.91 Å². The zero-order valence-corrected chi connectivity index (χ0v) is 19.9. The Morgan fingerprint density at radius 2 is 1.65 bits per heavy atom. The van der Waals surface area contributed by atoms with E-state index in [4.69, 9.17) is 9.73 Å². The molecule has 0 N–H and O–H groups in total. The Balaban J connectivity index is 1.52. The van der Waals surface area contributed by atoms with Crippen LogP contribution in [0, 0.1) is 6.92 Å². The van der Waals surface area contributed by atoms with Gasteiger partial charge in [0.15, 0.2) is 5.17 Å². The second-order valence-electron chi connectivity index (χ2n) is 8.18. The number of rotatable bonds is 5. The molecule has 4 aromatic rings. The van der Waals surface area contributed by atoms with Crippen LogP contribution in [0.2, 0.25) is 0 Å². The molecule has 0 atom stereocenters. The molecular formula is C29H24N2O2S. The van der Waals surface area contributed by atoms with Crippen LogP contribution in [0.3, 0.4) is 0 Å². The van der Waals surface area contributed by atoms with Crippen molar-refractivity contribution in [2.24, 2.45) is 4.99 Å². The summed E-state index contributed by atoms with van der Waals surface area (Å²) >= 11 is 1.38. The molecule has 0 saturated carbocycles. The molecule has 0 spiro atoms. The van der Waals surface area contributed by atoms with Crippen molar-refractivity contribution in [2.75, 3.05) is 7.05 Å². The molecule has 0 bridgehead atoms. The molecule has 1 heterocycles. The Morgan fingerprint density at radius 1 is 0.912 bits per heavy atom. The highest BCUT2D eigenvalue weighted by Gasteiger charge is 2.31. The van der Waals surface area contributed by atoms with Gasteiger partial charge in [0.05, 0.1) is 10.6 Å². The van der Waals surface area contributed by atoms with Gasteiger partial charge in [-0.1, -0.05) is 78.4 Å². The number of amidine groups is 1. The van der Waals surface area contributed by atoms with Crippen LogP contribution in [0.4, 0.5) is 5.69 Å². The molecule has 1 amide bonds. The fourth-order valence-corrected chi connectivity index (χ4v) is 4.77. The maximum atomic E-state index is 13.1. The van der Waals surface area contributed by atoms with Crippen LogP contribution in [0.1, 0.15) is 16.7 Å². The third-order valence-corrected chi connectivity index (χ3v) is 6.77. The molecule has 1 saturated heterocycles. The fourth-order valence-electron chi connectivity index (χ4n) is 3.80. The average Bonchev–Trinajstić information content (AvgIpc) is 3.13. The van der Waals surface area contributed by atoms with Gasteiger partial charge in [-0.25, -0.2) is 4.99 Å². The SMILES string of the molecule is Cc1ccc(N=C2S/C(=C/c3c(OCc4ccccc4)ccc4ccccc34)C(=O)N2C)cc1. The third-order valence-electron chi connectivity index (χ3n) is 5.71. The van der Waals surface area contributed by atoms with Crippen molar-refractivity contribution in [1.82, 2.24) is 4.90 Å². The van der Waals surface area contributed by atoms with Crippen molar-refractivity contribution in [3.05, 3.63) is 113 Å². The van der Waals surface area contributed by atoms with E-state index in [2.05, 4.69) is 18.2 Å². The Morgan fingerprint density at radius 3 is 2.44 bits per heavy atom. The van der Waals surface area contributed by atoms with Gasteiger partial charge >= 0.3 is 0 Å². The van der Waals surface area contributed by atoms with Crippen LogP contribution >= 0.6 is 11.8 Å². The number of amides is 1. The Hall–Kier alpha value is -3.83. The van der Waals surface area contributed by atoms with E-state index in [1.54, 1.807) is 11.9 Å². The monoisotopic (exact) mass is 464 g/mol. The predicted octanol–water partition coefficient (Wildman–Crippen LogP) is 6.96. The number of carbonyl (C=O) groups is 1. The summed E-state index contributed by atoms with van der Waals surface area (Å²) in [6.07, 6.45) is 1.93. The first-order chi connectivity index (χ1) is 16.6. The lowest BCUT2D eigenvalue weighted by Crippen LogP contribution is -2.23. The normalized spacial score (nSPS) is 16.1. The number of aliphatic imine (C=N–C) groups is 1. The molecule has 34 heavy (non-hydrogen) atoms. The maximum absolute atomic E-state index is 13.1. The number of hydrogen-bond donors (Lipinski definition) is 0. The Labute approximate surface area is 203 Å². The zero-order valence-electron chi connectivity index (χ0n) is 19.1. The molecule has 0 unspecified atom stereocenters. The topological polar surface area (TPSA) is 41.9 Å². The van der Waals surface area contributed by atoms with Crippen molar-refractivity contribution in [1.29, 1.82) is 0 Å². The highest BCUT2D eigenvalue weighted by Crippen LogP contribution is 2.37. The molecular weight excluding hydrogens is 440 g/mol. The van der Waals surface area contributed by atoms with Gasteiger partial charge in [-0.3, -0.25) is 9.69 Å². The number of thioether (sulfide) groups is 1. The van der Waals surface area contributed by atoms with Gasteiger partial charge in [0, 0.05) is 12.6 Å². The number of nitrogens with zero attached hydrogens (tertiary/aromatic N) is 2. The van der Waals surface area contributed by atoms with Crippen molar-refractivity contribution in [3.8, 4) is 5.75 Å². The number of hydrogen-bond acceptors (Lipinski definition) is 4. The van der Waals surface area contributed by atoms with E-state index < -0.39 is 0 Å². The lowest BCUT2D eigenvalue weighted by molar-refractivity contribution is -0.121. The summed E-state index contributed by atoms with van der Waals surface area (Å²) in [7, 11) is 1.76. The van der Waals surface area contributed by atoms with Crippen LogP contribution in [-0.2, 0) is 11.4 Å². The highest BCUT2D eigenvalue weighted by molar-refractivity contribution is 8.18. The number of benzene rings is 4. The smallest absolute Gasteiger partial charge is 0.266 e. The molecule has 1 aliphatic rings. The fraction of sp³-hybridized carbons (Fsp3) is 0.103. The predicted molar refractivity (Wildman–Crippen MR) is 141 cm³/mol. The Bertz CT molecular complexity index is 1410. The van der Waals surface area contributed by atoms with Crippen molar-refractivity contribution in [3.63, 3.8) is 0 Å². The van der Waals surface area contributed by atoms with Crippen molar-refractivity contribution >= 4 is 45.4 Å². The minimum Gasteiger partial charge on any atom is -0.488 e. The summed E-state index contributed by atoms with van der Waals surface area (Å²) in [4.78, 5) is 20.0. The molecule has 5 heteroatoms. The first-order valence-corrected chi connectivity index (χ1v) is 11.9. The minimum atomic E-state index is -0.0715. The van der Waals surface area contributed by atoms with Crippen LogP contribution in [0.15, 0.2) is 101 Å². The molecule has 4 aromatic carbocycles. The number of fused-ring (bicyclic) bond motifs is 1. The van der Waals surface area contributed by atoms with E-state index in [9.17, 15) is 4.79 Å². The maximum Gasteiger partial charge on any atom is 0.266 e. The van der Waals surface area contributed by atoms with Crippen LogP contribution < -0.4 is 4.74 Å². The van der Waals surface area contributed by atoms with Gasteiger partial charge in [0.25, 0.3) is 5.91 Å². The second-order valence-corrected chi connectivity index (χ2v) is 9.19. The van der Waals surface area contributed by atoms with Gasteiger partial charge in [-0.15, -0.1) is 0 Å². The van der Waals surface area contributed by atoms with Gasteiger partial charge in [-0.2, -0.15) is 0 Å². The van der Waals surface area contributed by atoms with E-state index in [0.717, 1.165) is 33.3 Å². The lowest BCUT2D eigenvalue weighted by Gasteiger charge is -2.13. The number of ether oxygens (including phenoxy) is 1. The van der Waals surface area contributed by atoms with Crippen LogP contribution in [0.5, 0.6) is 5.75 Å². The summed E-state index contributed by atoms with van der Waals surface area (Å²) in [6, 6.07) is 30.2. The van der Waals surface area contributed by atoms with E-state index in [0.29, 0.717) is 16.7 Å². The first-order valence-electron chi connectivity index (χ1n) is 11.1. The molecule has 1 aliphatic heterocycles. The molecule has 168 valence electrons. The van der Waals surface area contributed by atoms with Crippen molar-refractivity contribution in [2.45, 2.75) is 13.5 Å². The van der Waals surface area contributed by atoms with E-state index >= 15 is 0 Å². The van der Waals surface area contributed by atoms with Gasteiger partial charge in [-0.05, 0) is 59.3 Å². The summed E-state index contributed by atoms with van der Waals surface area (Å²) in [5.74, 6) is 0.674. The van der Waals surface area contributed by atoms with Gasteiger partial charge < -0.3 is 4.74 Å². The summed E-state index contributed by atoms with van der Waals surface area (Å²) < 4.78 is 6.23. The van der Waals surface area contributed by atoms with E-state index in [1.165, 1.54) is 17.3 Å². The molecule has 5 rings (SSSR count). The summed E-state index contributed by atoms with van der Waals surface area (Å²) in [5.41, 5.74) is 3.99. The van der Waals surface area contributed by atoms with E-state index in [1.807, 2.05) is 85.8 Å². The Kier molecular flexibility index (Phi) is 6.19. The van der Waals surface area contributed by atoms with Crippen molar-refractivity contribution < 1.29 is 9.53 Å². The standard InChI is InChI=1S/C29H24N2O2S/c1-20-12-15-23(16-13-20)30-29-31(2)28(32)27(34-29)18-25-24-11-7-6-10-22(24)14-17-26(25)33-19-21-8-4-3-5-9-21/h3-18H,19H2,1-2H3/b27-18+,30-29?. The second kappa shape index (κ2) is 9.57. The quantitative estimate of drug-likeness (QED) is 0.300. The third kappa shape index (κ3) is 4.61. The zero-order chi connectivity index (χ0) is 23.5. The first kappa shape index (κ1) is 22.0. The number of likely N-dealkylation sites (N-methyl/N-ethyl adjacent to an activating group) is 1. The molecule has 0 radical (unpaired) electrons. The highest BCUT2D eigenvalue weighted by atomic mass is 32.2. The summed E-state index contributed by atoms with van der Waals surface area (Å²) in [5, 5.41) is 2.80. The van der Waals surface area contributed by atoms with Crippen LogP contribution in [0.25, 0.3) is 16.8 Å². The van der Waals surface area contributed by atoms with Crippen LogP contribution in [-0.4, -0.2) is 23.0 Å². The molecule has 0 aromatic heterocycles. The van der Waals surface area contributed by atoms with Gasteiger partial charge in [0.1, 0.15) is 12.4 Å². The molecule has 0 aliphatic carbocycles.